The highest BCUT2D eigenvalue weighted by molar-refractivity contribution is 7.89. The minimum atomic E-state index is -3.84. The largest absolute Gasteiger partial charge is 0.490 e. The zero-order chi connectivity index (χ0) is 25.6. The fourth-order valence-electron chi connectivity index (χ4n) is 3.04. The van der Waals surface area contributed by atoms with E-state index in [0.717, 1.165) is 6.07 Å². The van der Waals surface area contributed by atoms with Crippen molar-refractivity contribution in [3.8, 4) is 5.75 Å². The number of aryl methyl sites for hydroxylation is 1. The van der Waals surface area contributed by atoms with Crippen molar-refractivity contribution >= 4 is 44.9 Å². The number of methoxy groups -OCH3 is 1. The van der Waals surface area contributed by atoms with E-state index in [2.05, 4.69) is 5.32 Å². The van der Waals surface area contributed by atoms with Crippen LogP contribution in [0.4, 0.5) is 11.4 Å². The summed E-state index contributed by atoms with van der Waals surface area (Å²) in [4.78, 5) is 35.2. The molecule has 0 unspecified atom stereocenters. The molecule has 184 valence electrons. The van der Waals surface area contributed by atoms with Gasteiger partial charge < -0.3 is 14.8 Å². The predicted molar refractivity (Wildman–Crippen MR) is 125 cm³/mol. The van der Waals surface area contributed by atoms with E-state index in [-0.39, 0.29) is 45.7 Å². The van der Waals surface area contributed by atoms with Crippen molar-refractivity contribution in [3.05, 3.63) is 56.6 Å². The number of sulfonamides is 1. The Bertz CT molecular complexity index is 1210. The second-order valence-corrected chi connectivity index (χ2v) is 9.30. The van der Waals surface area contributed by atoms with Gasteiger partial charge in [-0.3, -0.25) is 14.9 Å². The first-order valence-electron chi connectivity index (χ1n) is 10.1. The lowest BCUT2D eigenvalue weighted by Gasteiger charge is -2.19. The van der Waals surface area contributed by atoms with E-state index in [1.807, 2.05) is 0 Å². The number of anilines is 1. The van der Waals surface area contributed by atoms with Gasteiger partial charge in [-0.2, -0.15) is 4.31 Å². The van der Waals surface area contributed by atoms with Gasteiger partial charge in [-0.1, -0.05) is 25.4 Å². The fraction of sp³-hybridized carbons (Fsp3) is 0.333. The predicted octanol–water partition coefficient (Wildman–Crippen LogP) is 3.39. The molecule has 0 aliphatic rings. The number of esters is 1. The molecule has 1 N–H and O–H groups in total. The lowest BCUT2D eigenvalue weighted by Crippen LogP contribution is -2.30. The van der Waals surface area contributed by atoms with Gasteiger partial charge in [0.05, 0.1) is 27.5 Å². The Labute approximate surface area is 201 Å². The fourth-order valence-corrected chi connectivity index (χ4v) is 4.72. The van der Waals surface area contributed by atoms with Gasteiger partial charge in [-0.25, -0.2) is 13.2 Å². The van der Waals surface area contributed by atoms with Crippen molar-refractivity contribution in [1.82, 2.24) is 4.31 Å². The number of hydrogen-bond acceptors (Lipinski definition) is 8. The van der Waals surface area contributed by atoms with Gasteiger partial charge in [0, 0.05) is 30.9 Å². The first kappa shape index (κ1) is 27.0. The molecular formula is C21H24ClN3O8S. The topological polar surface area (TPSA) is 145 Å². The molecular weight excluding hydrogens is 490 g/mol. The van der Waals surface area contributed by atoms with Crippen LogP contribution in [0.2, 0.25) is 5.02 Å². The van der Waals surface area contributed by atoms with Gasteiger partial charge in [-0.15, -0.1) is 0 Å². The summed E-state index contributed by atoms with van der Waals surface area (Å²) < 4.78 is 36.6. The van der Waals surface area contributed by atoms with Gasteiger partial charge in [-0.05, 0) is 30.7 Å². The number of benzene rings is 2. The number of rotatable bonds is 10. The number of nitrogens with one attached hydrogen (secondary N) is 1. The number of carbonyl (C=O) groups is 2. The second kappa shape index (κ2) is 11.3. The molecule has 0 saturated heterocycles. The molecule has 13 heteroatoms. The minimum absolute atomic E-state index is 0.0418. The monoisotopic (exact) mass is 513 g/mol. The van der Waals surface area contributed by atoms with Crippen LogP contribution in [0.5, 0.6) is 5.75 Å². The standard InChI is InChI=1S/C21H24ClN3O8S/c1-5-24(6-2)34(30,31)14-7-8-16(22)15(10-14)21(27)33-12-20(26)23-17-11-19(32-4)18(25(28)29)9-13(17)3/h7-11H,5-6,12H2,1-4H3,(H,23,26). The Morgan fingerprint density at radius 3 is 2.38 bits per heavy atom. The van der Waals surface area contributed by atoms with Crippen LogP contribution in [0.25, 0.3) is 0 Å². The van der Waals surface area contributed by atoms with Crippen LogP contribution in [0, 0.1) is 17.0 Å². The highest BCUT2D eigenvalue weighted by Crippen LogP contribution is 2.32. The van der Waals surface area contributed by atoms with Crippen LogP contribution >= 0.6 is 11.6 Å². The number of nitro groups is 1. The van der Waals surface area contributed by atoms with Crippen LogP contribution in [0.1, 0.15) is 29.8 Å². The summed E-state index contributed by atoms with van der Waals surface area (Å²) in [5.41, 5.74) is 0.146. The maximum absolute atomic E-state index is 12.7. The molecule has 0 spiro atoms. The van der Waals surface area contributed by atoms with Crippen LogP contribution in [-0.4, -0.2) is 56.3 Å². The summed E-state index contributed by atoms with van der Waals surface area (Å²) in [6.07, 6.45) is 0. The molecule has 2 aromatic rings. The number of nitrogens with zero attached hydrogens (tertiary/aromatic N) is 2. The zero-order valence-electron chi connectivity index (χ0n) is 19.0. The highest BCUT2D eigenvalue weighted by Gasteiger charge is 2.25. The van der Waals surface area contributed by atoms with Crippen LogP contribution in [0.15, 0.2) is 35.2 Å². The molecule has 34 heavy (non-hydrogen) atoms. The Hall–Kier alpha value is -3.22. The normalized spacial score (nSPS) is 11.2. The summed E-state index contributed by atoms with van der Waals surface area (Å²) in [6, 6.07) is 6.17. The lowest BCUT2D eigenvalue weighted by atomic mass is 10.1. The maximum Gasteiger partial charge on any atom is 0.340 e. The zero-order valence-corrected chi connectivity index (χ0v) is 20.5. The summed E-state index contributed by atoms with van der Waals surface area (Å²) in [5.74, 6) is -1.77. The smallest absolute Gasteiger partial charge is 0.340 e. The third kappa shape index (κ3) is 6.01. The molecule has 0 fully saturated rings. The number of amides is 1. The molecule has 2 aromatic carbocycles. The third-order valence-corrected chi connectivity index (χ3v) is 7.21. The molecule has 0 heterocycles. The van der Waals surface area contributed by atoms with Crippen molar-refractivity contribution < 1.29 is 32.4 Å². The molecule has 0 aromatic heterocycles. The van der Waals surface area contributed by atoms with E-state index in [9.17, 15) is 28.1 Å². The van der Waals surface area contributed by atoms with Gasteiger partial charge in [0.2, 0.25) is 10.0 Å². The molecule has 0 saturated carbocycles. The van der Waals surface area contributed by atoms with Crippen molar-refractivity contribution in [1.29, 1.82) is 0 Å². The van der Waals surface area contributed by atoms with Crippen molar-refractivity contribution in [2.75, 3.05) is 32.1 Å². The number of hydrogen-bond donors (Lipinski definition) is 1. The number of nitro benzene ring substituents is 1. The van der Waals surface area contributed by atoms with Gasteiger partial charge >= 0.3 is 11.7 Å². The molecule has 2 rings (SSSR count). The first-order valence-corrected chi connectivity index (χ1v) is 11.9. The number of halogens is 1. The highest BCUT2D eigenvalue weighted by atomic mass is 35.5. The number of carbonyl (C=O) groups excluding carboxylic acids is 2. The summed E-state index contributed by atoms with van der Waals surface area (Å²) >= 11 is 6.05. The SMILES string of the molecule is CCN(CC)S(=O)(=O)c1ccc(Cl)c(C(=O)OCC(=O)Nc2cc(OC)c([N+](=O)[O-])cc2C)c1. The van der Waals surface area contributed by atoms with Crippen molar-refractivity contribution in [2.24, 2.45) is 0 Å². The molecule has 1 amide bonds. The van der Waals surface area contributed by atoms with E-state index in [0.29, 0.717) is 5.56 Å². The molecule has 0 aliphatic heterocycles. The molecule has 0 radical (unpaired) electrons. The van der Waals surface area contributed by atoms with Crippen molar-refractivity contribution in [3.63, 3.8) is 0 Å². The Morgan fingerprint density at radius 1 is 1.18 bits per heavy atom. The molecule has 0 atom stereocenters. The summed E-state index contributed by atoms with van der Waals surface area (Å²) in [5, 5.41) is 13.5. The molecule has 0 aliphatic carbocycles. The quantitative estimate of drug-likeness (QED) is 0.289. The van der Waals surface area contributed by atoms with Crippen LogP contribution < -0.4 is 10.1 Å². The van der Waals surface area contributed by atoms with Gasteiger partial charge in [0.1, 0.15) is 0 Å². The van der Waals surface area contributed by atoms with Gasteiger partial charge in [0.25, 0.3) is 5.91 Å². The Balaban J connectivity index is 2.16. The lowest BCUT2D eigenvalue weighted by molar-refractivity contribution is -0.385. The van der Waals surface area contributed by atoms with E-state index in [1.54, 1.807) is 20.8 Å². The van der Waals surface area contributed by atoms with E-state index >= 15 is 0 Å². The molecule has 11 nitrogen and oxygen atoms in total. The average Bonchev–Trinajstić information content (AvgIpc) is 2.79. The summed E-state index contributed by atoms with van der Waals surface area (Å²) in [7, 11) is -2.59. The minimum Gasteiger partial charge on any atom is -0.490 e. The van der Waals surface area contributed by atoms with Gasteiger partial charge in [0.15, 0.2) is 12.4 Å². The second-order valence-electron chi connectivity index (χ2n) is 6.95. The number of ether oxygens (including phenoxy) is 2. The van der Waals surface area contributed by atoms with Crippen molar-refractivity contribution in [2.45, 2.75) is 25.7 Å². The first-order chi connectivity index (χ1) is 16.0. The Morgan fingerprint density at radius 2 is 1.82 bits per heavy atom. The van der Waals surface area contributed by atoms with E-state index < -0.39 is 33.4 Å². The third-order valence-electron chi connectivity index (χ3n) is 4.83. The molecule has 0 bridgehead atoms. The van der Waals surface area contributed by atoms with E-state index in [4.69, 9.17) is 21.1 Å². The Kier molecular flexibility index (Phi) is 8.96. The van der Waals surface area contributed by atoms with Crippen LogP contribution in [0.3, 0.4) is 0 Å². The van der Waals surface area contributed by atoms with E-state index in [1.165, 1.54) is 35.7 Å². The summed E-state index contributed by atoms with van der Waals surface area (Å²) in [6.45, 7) is 4.71. The van der Waals surface area contributed by atoms with Crippen LogP contribution in [-0.2, 0) is 19.6 Å². The average molecular weight is 514 g/mol. The maximum atomic E-state index is 12.7.